The molecule has 1 aromatic heterocycles. The third kappa shape index (κ3) is 4.45. The van der Waals surface area contributed by atoms with Crippen molar-refractivity contribution < 1.29 is 17.9 Å². The lowest BCUT2D eigenvalue weighted by molar-refractivity contribution is 0.375. The molecule has 0 unspecified atom stereocenters. The lowest BCUT2D eigenvalue weighted by Gasteiger charge is -2.16. The van der Waals surface area contributed by atoms with Gasteiger partial charge < -0.3 is 14.4 Å². The van der Waals surface area contributed by atoms with Crippen LogP contribution in [0.2, 0.25) is 0 Å². The Labute approximate surface area is 158 Å². The number of ether oxygens (including phenoxy) is 2. The Hall–Kier alpha value is -2.46. The van der Waals surface area contributed by atoms with E-state index in [0.717, 1.165) is 31.5 Å². The molecule has 10 heteroatoms. The summed E-state index contributed by atoms with van der Waals surface area (Å²) in [5.74, 6) is 1.44. The number of methoxy groups -OCH3 is 2. The molecule has 1 N–H and O–H groups in total. The standard InChI is InChI=1S/C17H23N5O4S/c1-12-10-13(6-7-14(12)25-2)27(23,24)18-11-15-19-16(21-17(20-15)26-3)22-8-4-5-9-22/h6-7,10,18H,4-5,8-9,11H2,1-3H3. The fourth-order valence-electron chi connectivity index (χ4n) is 2.88. The van der Waals surface area contributed by atoms with E-state index in [0.29, 0.717) is 17.5 Å². The number of benzene rings is 1. The molecular weight excluding hydrogens is 370 g/mol. The smallest absolute Gasteiger partial charge is 0.321 e. The van der Waals surface area contributed by atoms with Crippen LogP contribution in [-0.4, -0.2) is 50.7 Å². The van der Waals surface area contributed by atoms with Gasteiger partial charge in [0.25, 0.3) is 0 Å². The second kappa shape index (κ2) is 8.05. The predicted molar refractivity (Wildman–Crippen MR) is 99.6 cm³/mol. The molecule has 1 aromatic carbocycles. The molecule has 2 heterocycles. The van der Waals surface area contributed by atoms with Crippen LogP contribution >= 0.6 is 0 Å². The van der Waals surface area contributed by atoms with E-state index in [1.165, 1.54) is 13.2 Å². The summed E-state index contributed by atoms with van der Waals surface area (Å²) >= 11 is 0. The quantitative estimate of drug-likeness (QED) is 0.750. The van der Waals surface area contributed by atoms with Crippen molar-refractivity contribution >= 4 is 16.0 Å². The minimum atomic E-state index is -3.72. The van der Waals surface area contributed by atoms with Gasteiger partial charge in [-0.05, 0) is 43.5 Å². The molecule has 0 aliphatic carbocycles. The first-order valence-electron chi connectivity index (χ1n) is 8.61. The molecule has 146 valence electrons. The van der Waals surface area contributed by atoms with Gasteiger partial charge in [0.15, 0.2) is 5.82 Å². The van der Waals surface area contributed by atoms with E-state index in [1.807, 2.05) is 4.90 Å². The first-order valence-corrected chi connectivity index (χ1v) is 10.1. The van der Waals surface area contributed by atoms with Crippen LogP contribution < -0.4 is 19.1 Å². The van der Waals surface area contributed by atoms with Crippen LogP contribution in [0.25, 0.3) is 0 Å². The number of rotatable bonds is 7. The van der Waals surface area contributed by atoms with Gasteiger partial charge in [0.05, 0.1) is 25.7 Å². The molecule has 27 heavy (non-hydrogen) atoms. The highest BCUT2D eigenvalue weighted by Crippen LogP contribution is 2.22. The van der Waals surface area contributed by atoms with Crippen LogP contribution in [0, 0.1) is 6.92 Å². The predicted octanol–water partition coefficient (Wildman–Crippen LogP) is 1.28. The third-order valence-electron chi connectivity index (χ3n) is 4.32. The second-order valence-corrected chi connectivity index (χ2v) is 7.96. The Morgan fingerprint density at radius 3 is 2.48 bits per heavy atom. The van der Waals surface area contributed by atoms with Crippen LogP contribution in [0.4, 0.5) is 5.95 Å². The van der Waals surface area contributed by atoms with E-state index in [4.69, 9.17) is 9.47 Å². The van der Waals surface area contributed by atoms with E-state index >= 15 is 0 Å². The SMILES string of the molecule is COc1nc(CNS(=O)(=O)c2ccc(OC)c(C)c2)nc(N2CCCC2)n1. The average Bonchev–Trinajstić information content (AvgIpc) is 3.21. The summed E-state index contributed by atoms with van der Waals surface area (Å²) in [6.07, 6.45) is 2.15. The van der Waals surface area contributed by atoms with Crippen LogP contribution in [0.3, 0.4) is 0 Å². The van der Waals surface area contributed by atoms with Gasteiger partial charge >= 0.3 is 6.01 Å². The van der Waals surface area contributed by atoms with Gasteiger partial charge in [-0.1, -0.05) is 0 Å². The molecule has 1 aliphatic rings. The van der Waals surface area contributed by atoms with Crippen molar-refractivity contribution in [2.75, 3.05) is 32.2 Å². The molecule has 0 atom stereocenters. The zero-order valence-electron chi connectivity index (χ0n) is 15.6. The maximum Gasteiger partial charge on any atom is 0.321 e. The average molecular weight is 393 g/mol. The Bertz CT molecular complexity index is 914. The minimum Gasteiger partial charge on any atom is -0.496 e. The van der Waals surface area contributed by atoms with Gasteiger partial charge in [-0.15, -0.1) is 0 Å². The van der Waals surface area contributed by atoms with Crippen molar-refractivity contribution in [1.29, 1.82) is 0 Å². The van der Waals surface area contributed by atoms with Gasteiger partial charge in [-0.3, -0.25) is 0 Å². The number of nitrogens with one attached hydrogen (secondary N) is 1. The van der Waals surface area contributed by atoms with Gasteiger partial charge in [0, 0.05) is 13.1 Å². The fourth-order valence-corrected chi connectivity index (χ4v) is 3.94. The van der Waals surface area contributed by atoms with Crippen molar-refractivity contribution in [2.24, 2.45) is 0 Å². The molecule has 1 saturated heterocycles. The molecule has 0 bridgehead atoms. The monoisotopic (exact) mass is 393 g/mol. The van der Waals surface area contributed by atoms with E-state index in [9.17, 15) is 8.42 Å². The molecule has 2 aromatic rings. The first-order chi connectivity index (χ1) is 12.9. The lowest BCUT2D eigenvalue weighted by Crippen LogP contribution is -2.26. The van der Waals surface area contributed by atoms with Crippen molar-refractivity contribution in [3.63, 3.8) is 0 Å². The zero-order chi connectivity index (χ0) is 19.4. The second-order valence-electron chi connectivity index (χ2n) is 6.19. The molecule has 0 radical (unpaired) electrons. The summed E-state index contributed by atoms with van der Waals surface area (Å²) in [5, 5.41) is 0. The van der Waals surface area contributed by atoms with E-state index < -0.39 is 10.0 Å². The van der Waals surface area contributed by atoms with Crippen molar-refractivity contribution in [3.8, 4) is 11.8 Å². The topological polar surface area (TPSA) is 107 Å². The maximum absolute atomic E-state index is 12.6. The molecule has 1 fully saturated rings. The van der Waals surface area contributed by atoms with Crippen LogP contribution in [0.15, 0.2) is 23.1 Å². The normalized spacial score (nSPS) is 14.4. The highest BCUT2D eigenvalue weighted by molar-refractivity contribution is 7.89. The summed E-state index contributed by atoms with van der Waals surface area (Å²) in [4.78, 5) is 15.0. The molecule has 0 saturated carbocycles. The van der Waals surface area contributed by atoms with Crippen molar-refractivity contribution in [2.45, 2.75) is 31.2 Å². The number of hydrogen-bond acceptors (Lipinski definition) is 8. The number of hydrogen-bond donors (Lipinski definition) is 1. The summed E-state index contributed by atoms with van der Waals surface area (Å²) in [6.45, 7) is 3.46. The van der Waals surface area contributed by atoms with Crippen molar-refractivity contribution in [3.05, 3.63) is 29.6 Å². The Kier molecular flexibility index (Phi) is 5.76. The van der Waals surface area contributed by atoms with Gasteiger partial charge in [-0.25, -0.2) is 13.1 Å². The lowest BCUT2D eigenvalue weighted by atomic mass is 10.2. The molecule has 1 aliphatic heterocycles. The van der Waals surface area contributed by atoms with Crippen LogP contribution in [0.5, 0.6) is 11.8 Å². The van der Waals surface area contributed by atoms with E-state index in [-0.39, 0.29) is 17.5 Å². The summed E-state index contributed by atoms with van der Waals surface area (Å²) < 4.78 is 38.0. The Balaban J connectivity index is 1.78. The summed E-state index contributed by atoms with van der Waals surface area (Å²) in [5.41, 5.74) is 0.735. The van der Waals surface area contributed by atoms with Crippen molar-refractivity contribution in [1.82, 2.24) is 19.7 Å². The molecule has 3 rings (SSSR count). The number of sulfonamides is 1. The number of nitrogens with zero attached hydrogens (tertiary/aromatic N) is 4. The summed E-state index contributed by atoms with van der Waals surface area (Å²) in [7, 11) is -0.706. The fraction of sp³-hybridized carbons (Fsp3) is 0.471. The first kappa shape index (κ1) is 19.3. The highest BCUT2D eigenvalue weighted by atomic mass is 32.2. The Morgan fingerprint density at radius 2 is 1.85 bits per heavy atom. The third-order valence-corrected chi connectivity index (χ3v) is 5.72. The maximum atomic E-state index is 12.6. The molecule has 9 nitrogen and oxygen atoms in total. The Morgan fingerprint density at radius 1 is 1.11 bits per heavy atom. The molecular formula is C17H23N5O4S. The van der Waals surface area contributed by atoms with Gasteiger partial charge in [-0.2, -0.15) is 15.0 Å². The number of anilines is 1. The van der Waals surface area contributed by atoms with E-state index in [1.54, 1.807) is 26.2 Å². The molecule has 0 amide bonds. The minimum absolute atomic E-state index is 0.0624. The zero-order valence-corrected chi connectivity index (χ0v) is 16.4. The van der Waals surface area contributed by atoms with Gasteiger partial charge in [0.2, 0.25) is 16.0 Å². The largest absolute Gasteiger partial charge is 0.496 e. The van der Waals surface area contributed by atoms with Gasteiger partial charge in [0.1, 0.15) is 5.75 Å². The van der Waals surface area contributed by atoms with E-state index in [2.05, 4.69) is 19.7 Å². The molecule has 0 spiro atoms. The number of aryl methyl sites for hydroxylation is 1. The highest BCUT2D eigenvalue weighted by Gasteiger charge is 2.20. The van der Waals surface area contributed by atoms with Crippen LogP contribution in [-0.2, 0) is 16.6 Å². The van der Waals surface area contributed by atoms with Crippen LogP contribution in [0.1, 0.15) is 24.2 Å². The summed E-state index contributed by atoms with van der Waals surface area (Å²) in [6, 6.07) is 4.85. The number of aromatic nitrogens is 3.